The second-order valence-corrected chi connectivity index (χ2v) is 10.2. The van der Waals surface area contributed by atoms with Crippen molar-refractivity contribution in [2.24, 2.45) is 0 Å². The molecule has 1 saturated heterocycles. The molecule has 8 nitrogen and oxygen atoms in total. The monoisotopic (exact) mass is 496 g/mol. The Labute approximate surface area is 214 Å². The first-order chi connectivity index (χ1) is 17.6. The number of Topliss-reactive ketones (excluding diaryl/α,β-unsaturated/α-hetero) is 1. The molecule has 2 aromatic heterocycles. The highest BCUT2D eigenvalue weighted by atomic mass is 16.5. The summed E-state index contributed by atoms with van der Waals surface area (Å²) in [6, 6.07) is 13.5. The molecule has 8 heteroatoms. The number of hydrogen-bond acceptors (Lipinski definition) is 6. The van der Waals surface area contributed by atoms with Gasteiger partial charge in [-0.25, -0.2) is 4.98 Å². The van der Waals surface area contributed by atoms with Crippen LogP contribution in [-0.2, 0) is 15.0 Å². The van der Waals surface area contributed by atoms with Crippen LogP contribution in [0.5, 0.6) is 5.75 Å². The van der Waals surface area contributed by atoms with Gasteiger partial charge in [-0.2, -0.15) is 0 Å². The number of aromatic nitrogens is 3. The summed E-state index contributed by atoms with van der Waals surface area (Å²) in [5.41, 5.74) is 4.05. The lowest BCUT2D eigenvalue weighted by atomic mass is 9.84. The van der Waals surface area contributed by atoms with Crippen molar-refractivity contribution in [1.82, 2.24) is 15.0 Å². The zero-order valence-electron chi connectivity index (χ0n) is 21.4. The molecule has 0 radical (unpaired) electrons. The average molecular weight is 497 g/mol. The Morgan fingerprint density at radius 1 is 1.05 bits per heavy atom. The van der Waals surface area contributed by atoms with Crippen molar-refractivity contribution < 1.29 is 19.4 Å². The van der Waals surface area contributed by atoms with Crippen LogP contribution < -0.4 is 9.64 Å². The smallest absolute Gasteiger partial charge is 0.302 e. The van der Waals surface area contributed by atoms with Gasteiger partial charge >= 0.3 is 5.91 Å². The maximum atomic E-state index is 13.5. The second-order valence-electron chi connectivity index (χ2n) is 10.2. The number of hydrogen-bond donors (Lipinski definition) is 2. The van der Waals surface area contributed by atoms with Crippen LogP contribution in [0.2, 0.25) is 0 Å². The summed E-state index contributed by atoms with van der Waals surface area (Å²) >= 11 is 0. The Morgan fingerprint density at radius 3 is 2.46 bits per heavy atom. The number of amides is 1. The quantitative estimate of drug-likeness (QED) is 0.228. The number of methoxy groups -OCH3 is 1. The van der Waals surface area contributed by atoms with Gasteiger partial charge in [0.2, 0.25) is 5.95 Å². The Bertz CT molecular complexity index is 1560. The van der Waals surface area contributed by atoms with Gasteiger partial charge in [-0.3, -0.25) is 19.5 Å². The van der Waals surface area contributed by atoms with Crippen LogP contribution in [0.25, 0.3) is 16.8 Å². The number of ether oxygens (including phenoxy) is 1. The zero-order valence-corrected chi connectivity index (χ0v) is 21.4. The molecule has 0 bridgehead atoms. The molecule has 0 spiro atoms. The molecule has 5 rings (SSSR count). The normalized spacial score (nSPS) is 17.5. The molecule has 1 amide bonds. The van der Waals surface area contributed by atoms with Gasteiger partial charge in [-0.15, -0.1) is 0 Å². The fourth-order valence-corrected chi connectivity index (χ4v) is 4.73. The number of aryl methyl sites for hydroxylation is 1. The number of aliphatic hydroxyl groups is 1. The van der Waals surface area contributed by atoms with E-state index in [2.05, 4.69) is 15.0 Å². The highest BCUT2D eigenvalue weighted by molar-refractivity contribution is 6.51. The van der Waals surface area contributed by atoms with Gasteiger partial charge in [-0.05, 0) is 65.9 Å². The van der Waals surface area contributed by atoms with Gasteiger partial charge < -0.3 is 14.8 Å². The number of nitrogens with zero attached hydrogens (tertiary/aromatic N) is 3. The van der Waals surface area contributed by atoms with Crippen molar-refractivity contribution in [2.45, 2.75) is 39.2 Å². The molecule has 0 saturated carbocycles. The molecular weight excluding hydrogens is 468 g/mol. The molecule has 1 aliphatic heterocycles. The van der Waals surface area contributed by atoms with Crippen LogP contribution in [0.4, 0.5) is 5.95 Å². The van der Waals surface area contributed by atoms with E-state index in [1.54, 1.807) is 49.8 Å². The molecular formula is C29H28N4O4. The summed E-state index contributed by atoms with van der Waals surface area (Å²) in [5, 5.41) is 11.5. The minimum atomic E-state index is -0.898. The summed E-state index contributed by atoms with van der Waals surface area (Å²) in [7, 11) is 1.59. The largest absolute Gasteiger partial charge is 0.507 e. The minimum absolute atomic E-state index is 0.0159. The Hall–Kier alpha value is -4.46. The molecule has 4 aromatic rings. The molecule has 2 aromatic carbocycles. The first-order valence-corrected chi connectivity index (χ1v) is 12.0. The number of anilines is 1. The van der Waals surface area contributed by atoms with Crippen LogP contribution in [0.1, 0.15) is 49.1 Å². The predicted octanol–water partition coefficient (Wildman–Crippen LogP) is 5.20. The molecule has 1 unspecified atom stereocenters. The second kappa shape index (κ2) is 8.89. The summed E-state index contributed by atoms with van der Waals surface area (Å²) in [6.45, 7) is 8.07. The standard InChI is InChI=1S/C29H28N4O4/c1-16-6-8-20-21(14-16)32-28(31-20)33-24(17-10-12-30-13-11-17)23(26(35)27(33)36)25(34)18-7-9-22(37-5)19(15-18)29(2,3)4/h6-15,24,34H,1-5H3,(H,31,32)/b25-23+. The summed E-state index contributed by atoms with van der Waals surface area (Å²) in [6.07, 6.45) is 3.17. The highest BCUT2D eigenvalue weighted by Crippen LogP contribution is 2.42. The van der Waals surface area contributed by atoms with Crippen LogP contribution >= 0.6 is 0 Å². The summed E-state index contributed by atoms with van der Waals surface area (Å²) in [4.78, 5) is 40.1. The van der Waals surface area contributed by atoms with Crippen LogP contribution in [0.15, 0.2) is 66.5 Å². The van der Waals surface area contributed by atoms with Crippen molar-refractivity contribution in [3.63, 3.8) is 0 Å². The van der Waals surface area contributed by atoms with E-state index in [1.807, 2.05) is 45.9 Å². The Balaban J connectivity index is 1.72. The first-order valence-electron chi connectivity index (χ1n) is 12.0. The fraction of sp³-hybridized carbons (Fsp3) is 0.241. The van der Waals surface area contributed by atoms with E-state index in [-0.39, 0.29) is 22.7 Å². The predicted molar refractivity (Wildman–Crippen MR) is 142 cm³/mol. The number of aliphatic hydroxyl groups excluding tert-OH is 1. The minimum Gasteiger partial charge on any atom is -0.507 e. The fourth-order valence-electron chi connectivity index (χ4n) is 4.73. The maximum absolute atomic E-state index is 13.5. The third-order valence-electron chi connectivity index (χ3n) is 6.60. The molecule has 188 valence electrons. The van der Waals surface area contributed by atoms with Crippen LogP contribution in [0, 0.1) is 6.92 Å². The molecule has 1 atom stereocenters. The van der Waals surface area contributed by atoms with Gasteiger partial charge in [0.15, 0.2) is 0 Å². The zero-order chi connectivity index (χ0) is 26.5. The van der Waals surface area contributed by atoms with E-state index in [4.69, 9.17) is 4.74 Å². The summed E-state index contributed by atoms with van der Waals surface area (Å²) in [5.74, 6) is -0.919. The van der Waals surface area contributed by atoms with E-state index in [1.165, 1.54) is 4.90 Å². The molecule has 37 heavy (non-hydrogen) atoms. The van der Waals surface area contributed by atoms with E-state index < -0.39 is 17.7 Å². The van der Waals surface area contributed by atoms with Crippen LogP contribution in [-0.4, -0.2) is 38.9 Å². The highest BCUT2D eigenvalue weighted by Gasteiger charge is 2.48. The van der Waals surface area contributed by atoms with Crippen LogP contribution in [0.3, 0.4) is 0 Å². The van der Waals surface area contributed by atoms with E-state index in [0.717, 1.165) is 16.6 Å². The SMILES string of the molecule is COc1ccc(/C(O)=C2\C(=O)C(=O)N(c3nc4ccc(C)cc4[nH]3)C2c2ccncc2)cc1C(C)(C)C. The third-order valence-corrected chi connectivity index (χ3v) is 6.60. The summed E-state index contributed by atoms with van der Waals surface area (Å²) < 4.78 is 5.53. The van der Waals surface area contributed by atoms with Gasteiger partial charge in [0, 0.05) is 23.5 Å². The van der Waals surface area contributed by atoms with E-state index in [0.29, 0.717) is 22.4 Å². The number of benzene rings is 2. The van der Waals surface area contributed by atoms with Crippen molar-refractivity contribution in [2.75, 3.05) is 12.0 Å². The first kappa shape index (κ1) is 24.2. The number of fused-ring (bicyclic) bond motifs is 1. The number of rotatable bonds is 4. The number of nitrogens with one attached hydrogen (secondary N) is 1. The Morgan fingerprint density at radius 2 is 1.78 bits per heavy atom. The average Bonchev–Trinajstić information content (AvgIpc) is 3.40. The number of carbonyl (C=O) groups excluding carboxylic acids is 2. The van der Waals surface area contributed by atoms with E-state index >= 15 is 0 Å². The number of carbonyl (C=O) groups is 2. The molecule has 1 aliphatic rings. The lowest BCUT2D eigenvalue weighted by Gasteiger charge is -2.24. The molecule has 3 heterocycles. The van der Waals surface area contributed by atoms with Gasteiger partial charge in [0.25, 0.3) is 5.78 Å². The molecule has 1 fully saturated rings. The third kappa shape index (κ3) is 4.14. The number of ketones is 1. The van der Waals surface area contributed by atoms with Crippen molar-refractivity contribution in [3.05, 3.63) is 88.8 Å². The maximum Gasteiger partial charge on any atom is 0.302 e. The topological polar surface area (TPSA) is 108 Å². The number of H-pyrrole nitrogens is 1. The number of imidazole rings is 1. The number of aromatic amines is 1. The molecule has 0 aliphatic carbocycles. The molecule has 2 N–H and O–H groups in total. The lowest BCUT2D eigenvalue weighted by molar-refractivity contribution is -0.132. The van der Waals surface area contributed by atoms with Gasteiger partial charge in [-0.1, -0.05) is 26.8 Å². The van der Waals surface area contributed by atoms with Crippen molar-refractivity contribution in [3.8, 4) is 5.75 Å². The van der Waals surface area contributed by atoms with Crippen molar-refractivity contribution >= 4 is 34.4 Å². The lowest BCUT2D eigenvalue weighted by Crippen LogP contribution is -2.30. The van der Waals surface area contributed by atoms with E-state index in [9.17, 15) is 14.7 Å². The number of pyridine rings is 1. The van der Waals surface area contributed by atoms with Crippen molar-refractivity contribution in [1.29, 1.82) is 0 Å². The Kier molecular flexibility index (Phi) is 5.82. The van der Waals surface area contributed by atoms with Gasteiger partial charge in [0.1, 0.15) is 11.5 Å². The van der Waals surface area contributed by atoms with Gasteiger partial charge in [0.05, 0.1) is 29.8 Å².